The molecule has 4 aromatic rings. The van der Waals surface area contributed by atoms with Gasteiger partial charge in [0.15, 0.2) is 5.58 Å². The molecule has 0 saturated carbocycles. The summed E-state index contributed by atoms with van der Waals surface area (Å²) in [6.45, 7) is 0. The van der Waals surface area contributed by atoms with Gasteiger partial charge in [-0.15, -0.1) is 0 Å². The summed E-state index contributed by atoms with van der Waals surface area (Å²) in [5, 5.41) is 3.28. The van der Waals surface area contributed by atoms with Crippen LogP contribution in [-0.4, -0.2) is 20.9 Å². The number of nitrogens with one attached hydrogen (secondary N) is 1. The third-order valence-corrected chi connectivity index (χ3v) is 3.90. The number of halogens is 1. The van der Waals surface area contributed by atoms with Crippen LogP contribution in [-0.2, 0) is 0 Å². The fourth-order valence-corrected chi connectivity index (χ4v) is 2.56. The van der Waals surface area contributed by atoms with Gasteiger partial charge in [0.1, 0.15) is 5.52 Å². The summed E-state index contributed by atoms with van der Waals surface area (Å²) < 4.78 is 5.72. The van der Waals surface area contributed by atoms with Gasteiger partial charge in [-0.1, -0.05) is 11.6 Å². The number of rotatable bonds is 3. The number of amides is 1. The Balaban J connectivity index is 1.68. The van der Waals surface area contributed by atoms with Gasteiger partial charge in [-0.05, 0) is 30.3 Å². The highest BCUT2D eigenvalue weighted by molar-refractivity contribution is 6.33. The van der Waals surface area contributed by atoms with Crippen LogP contribution in [0, 0.1) is 0 Å². The lowest BCUT2D eigenvalue weighted by atomic mass is 10.2. The molecule has 1 aromatic carbocycles. The van der Waals surface area contributed by atoms with Gasteiger partial charge in [0.25, 0.3) is 5.91 Å². The van der Waals surface area contributed by atoms with Crippen LogP contribution in [0.25, 0.3) is 22.6 Å². The molecular weight excluding hydrogens is 340 g/mol. The molecule has 122 valence electrons. The van der Waals surface area contributed by atoms with Crippen LogP contribution >= 0.6 is 11.6 Å². The number of carbonyl (C=O) groups is 1. The maximum absolute atomic E-state index is 12.3. The molecule has 0 aliphatic rings. The van der Waals surface area contributed by atoms with E-state index in [0.717, 1.165) is 0 Å². The number of aromatic nitrogens is 3. The molecule has 0 unspecified atom stereocenters. The predicted octanol–water partition coefficient (Wildman–Crippen LogP) is 4.19. The zero-order valence-electron chi connectivity index (χ0n) is 12.8. The first-order valence-electron chi connectivity index (χ1n) is 7.42. The molecule has 0 fully saturated rings. The monoisotopic (exact) mass is 350 g/mol. The summed E-state index contributed by atoms with van der Waals surface area (Å²) in [4.78, 5) is 24.6. The molecule has 0 aliphatic carbocycles. The minimum Gasteiger partial charge on any atom is -0.436 e. The number of fused-ring (bicyclic) bond motifs is 1. The van der Waals surface area contributed by atoms with Gasteiger partial charge >= 0.3 is 0 Å². The molecule has 0 bridgehead atoms. The first-order chi connectivity index (χ1) is 12.2. The molecule has 3 aromatic heterocycles. The van der Waals surface area contributed by atoms with Crippen molar-refractivity contribution >= 4 is 34.3 Å². The Morgan fingerprint density at radius 1 is 1.08 bits per heavy atom. The van der Waals surface area contributed by atoms with Gasteiger partial charge in [-0.2, -0.15) is 0 Å². The van der Waals surface area contributed by atoms with Gasteiger partial charge in [0.05, 0.1) is 22.3 Å². The predicted molar refractivity (Wildman–Crippen MR) is 94.4 cm³/mol. The molecule has 0 saturated heterocycles. The molecular formula is C18H11ClN4O2. The molecule has 3 heterocycles. The summed E-state index contributed by atoms with van der Waals surface area (Å²) >= 11 is 6.27. The van der Waals surface area contributed by atoms with E-state index in [1.807, 2.05) is 0 Å². The SMILES string of the molecule is O=C(Nc1ccc(Cl)c(-c2nc3cnccc3o2)c1)c1cccnc1. The van der Waals surface area contributed by atoms with Crippen LogP contribution in [0.1, 0.15) is 10.4 Å². The highest BCUT2D eigenvalue weighted by atomic mass is 35.5. The average Bonchev–Trinajstić information content (AvgIpc) is 3.08. The second kappa shape index (κ2) is 6.33. The number of pyridine rings is 2. The van der Waals surface area contributed by atoms with Crippen LogP contribution in [0.4, 0.5) is 5.69 Å². The molecule has 1 N–H and O–H groups in total. The highest BCUT2D eigenvalue weighted by Gasteiger charge is 2.14. The smallest absolute Gasteiger partial charge is 0.257 e. The second-order valence-electron chi connectivity index (χ2n) is 5.25. The van der Waals surface area contributed by atoms with Gasteiger partial charge in [0.2, 0.25) is 5.89 Å². The zero-order chi connectivity index (χ0) is 17.2. The number of oxazole rings is 1. The fourth-order valence-electron chi connectivity index (χ4n) is 2.36. The molecule has 4 rings (SSSR count). The van der Waals surface area contributed by atoms with E-state index >= 15 is 0 Å². The highest BCUT2D eigenvalue weighted by Crippen LogP contribution is 2.32. The van der Waals surface area contributed by atoms with Crippen LogP contribution in [0.5, 0.6) is 0 Å². The Kier molecular flexibility index (Phi) is 3.87. The Hall–Kier alpha value is -3.25. The Bertz CT molecular complexity index is 1030. The van der Waals surface area contributed by atoms with Crippen molar-refractivity contribution in [2.24, 2.45) is 0 Å². The minimum absolute atomic E-state index is 0.261. The topological polar surface area (TPSA) is 80.9 Å². The van der Waals surface area contributed by atoms with Crippen molar-refractivity contribution in [3.05, 3.63) is 71.8 Å². The van der Waals surface area contributed by atoms with Crippen molar-refractivity contribution < 1.29 is 9.21 Å². The minimum atomic E-state index is -0.261. The van der Waals surface area contributed by atoms with Crippen LogP contribution < -0.4 is 5.32 Å². The lowest BCUT2D eigenvalue weighted by molar-refractivity contribution is 0.102. The van der Waals surface area contributed by atoms with Crippen molar-refractivity contribution in [2.45, 2.75) is 0 Å². The summed E-state index contributed by atoms with van der Waals surface area (Å²) in [5.74, 6) is 0.105. The third-order valence-electron chi connectivity index (χ3n) is 3.57. The molecule has 0 radical (unpaired) electrons. The van der Waals surface area contributed by atoms with E-state index in [1.54, 1.807) is 55.0 Å². The molecule has 6 nitrogen and oxygen atoms in total. The number of carbonyl (C=O) groups excluding carboxylic acids is 1. The standard InChI is InChI=1S/C18H11ClN4O2/c19-14-4-3-12(22-17(24)11-2-1-6-20-9-11)8-13(14)18-23-15-10-21-7-5-16(15)25-18/h1-10H,(H,22,24). The average molecular weight is 351 g/mol. The Morgan fingerprint density at radius 3 is 2.76 bits per heavy atom. The normalized spacial score (nSPS) is 10.8. The molecule has 0 aliphatic heterocycles. The first-order valence-corrected chi connectivity index (χ1v) is 7.80. The lowest BCUT2D eigenvalue weighted by Crippen LogP contribution is -2.12. The number of benzene rings is 1. The summed E-state index contributed by atoms with van der Waals surface area (Å²) in [6, 6.07) is 10.2. The molecule has 1 amide bonds. The number of hydrogen-bond acceptors (Lipinski definition) is 5. The van der Waals surface area contributed by atoms with E-state index in [0.29, 0.717) is 38.8 Å². The molecule has 25 heavy (non-hydrogen) atoms. The summed E-state index contributed by atoms with van der Waals surface area (Å²) in [5.41, 5.74) is 2.88. The third kappa shape index (κ3) is 3.07. The van der Waals surface area contributed by atoms with Crippen LogP contribution in [0.3, 0.4) is 0 Å². The first kappa shape index (κ1) is 15.3. The van der Waals surface area contributed by atoms with Crippen molar-refractivity contribution in [3.8, 4) is 11.5 Å². The second-order valence-corrected chi connectivity index (χ2v) is 5.66. The largest absolute Gasteiger partial charge is 0.436 e. The molecule has 0 spiro atoms. The van der Waals surface area contributed by atoms with Crippen molar-refractivity contribution in [1.29, 1.82) is 0 Å². The van der Waals surface area contributed by atoms with Gasteiger partial charge < -0.3 is 9.73 Å². The fraction of sp³-hybridized carbons (Fsp3) is 0. The molecule has 0 atom stereocenters. The maximum atomic E-state index is 12.3. The number of hydrogen-bond donors (Lipinski definition) is 1. The van der Waals surface area contributed by atoms with Crippen LogP contribution in [0.2, 0.25) is 5.02 Å². The summed E-state index contributed by atoms with van der Waals surface area (Å²) in [6.07, 6.45) is 6.35. The van der Waals surface area contributed by atoms with Crippen molar-refractivity contribution in [2.75, 3.05) is 5.32 Å². The van der Waals surface area contributed by atoms with Crippen molar-refractivity contribution in [1.82, 2.24) is 15.0 Å². The van der Waals surface area contributed by atoms with Gasteiger partial charge in [-0.25, -0.2) is 4.98 Å². The quantitative estimate of drug-likeness (QED) is 0.599. The number of anilines is 1. The van der Waals surface area contributed by atoms with E-state index in [2.05, 4.69) is 20.3 Å². The molecule has 7 heteroatoms. The Labute approximate surface area is 147 Å². The van der Waals surface area contributed by atoms with Crippen LogP contribution in [0.15, 0.2) is 65.6 Å². The van der Waals surface area contributed by atoms with E-state index in [-0.39, 0.29) is 5.91 Å². The van der Waals surface area contributed by atoms with Crippen molar-refractivity contribution in [3.63, 3.8) is 0 Å². The van der Waals surface area contributed by atoms with E-state index in [4.69, 9.17) is 16.0 Å². The number of nitrogens with zero attached hydrogens (tertiary/aromatic N) is 3. The summed E-state index contributed by atoms with van der Waals surface area (Å²) in [7, 11) is 0. The van der Waals surface area contributed by atoms with Gasteiger partial charge in [0, 0.05) is 30.3 Å². The Morgan fingerprint density at radius 2 is 1.96 bits per heavy atom. The van der Waals surface area contributed by atoms with E-state index in [1.165, 1.54) is 6.20 Å². The zero-order valence-corrected chi connectivity index (χ0v) is 13.6. The lowest BCUT2D eigenvalue weighted by Gasteiger charge is -2.07. The van der Waals surface area contributed by atoms with Gasteiger partial charge in [-0.3, -0.25) is 14.8 Å². The van der Waals surface area contributed by atoms with E-state index in [9.17, 15) is 4.79 Å². The van der Waals surface area contributed by atoms with E-state index < -0.39 is 0 Å². The maximum Gasteiger partial charge on any atom is 0.257 e.